The number of hydrogen-bond donors (Lipinski definition) is 1. The molecule has 0 aromatic heterocycles. The molecule has 1 N–H and O–H groups in total. The van der Waals surface area contributed by atoms with Gasteiger partial charge in [0.25, 0.3) is 0 Å². The second kappa shape index (κ2) is 3.67. The maximum Gasteiger partial charge on any atom is 0.189 e. The van der Waals surface area contributed by atoms with E-state index in [9.17, 15) is 4.21 Å². The van der Waals surface area contributed by atoms with E-state index in [4.69, 9.17) is 16.2 Å². The van der Waals surface area contributed by atoms with Gasteiger partial charge < -0.3 is 4.55 Å². The Labute approximate surface area is 80.0 Å². The summed E-state index contributed by atoms with van der Waals surface area (Å²) in [5, 5.41) is 0.292. The minimum atomic E-state index is -2.03. The van der Waals surface area contributed by atoms with Crippen LogP contribution in [0.4, 0.5) is 0 Å². The van der Waals surface area contributed by atoms with Crippen LogP contribution in [0.5, 0.6) is 0 Å². The van der Waals surface area contributed by atoms with E-state index < -0.39 is 11.1 Å². The van der Waals surface area contributed by atoms with Crippen LogP contribution in [0.1, 0.15) is 0 Å². The third kappa shape index (κ3) is 2.02. The molecule has 60 valence electrons. The molecule has 0 aliphatic heterocycles. The summed E-state index contributed by atoms with van der Waals surface area (Å²) in [4.78, 5) is 0.217. The molecule has 0 fully saturated rings. The van der Waals surface area contributed by atoms with Gasteiger partial charge in [-0.15, -0.1) is 0 Å². The lowest BCUT2D eigenvalue weighted by atomic mass is 10.4. The highest BCUT2D eigenvalue weighted by Gasteiger charge is 2.09. The van der Waals surface area contributed by atoms with Crippen molar-refractivity contribution in [1.29, 1.82) is 0 Å². The van der Waals surface area contributed by atoms with Crippen LogP contribution in [-0.2, 0) is 11.1 Å². The van der Waals surface area contributed by atoms with Gasteiger partial charge in [-0.05, 0) is 28.1 Å². The van der Waals surface area contributed by atoms with Gasteiger partial charge >= 0.3 is 0 Å². The zero-order valence-corrected chi connectivity index (χ0v) is 8.41. The topological polar surface area (TPSA) is 37.3 Å². The average molecular weight is 256 g/mol. The Hall–Kier alpha value is 0.1000. The summed E-state index contributed by atoms with van der Waals surface area (Å²) in [6.45, 7) is 0. The van der Waals surface area contributed by atoms with Crippen LogP contribution in [0, 0.1) is 0 Å². The van der Waals surface area contributed by atoms with E-state index in [1.54, 1.807) is 18.2 Å². The van der Waals surface area contributed by atoms with Crippen molar-refractivity contribution in [2.45, 2.75) is 4.90 Å². The Kier molecular flexibility index (Phi) is 3.06. The summed E-state index contributed by atoms with van der Waals surface area (Å²) in [7, 11) is 0. The molecule has 1 aromatic rings. The molecule has 0 spiro atoms. The third-order valence-electron chi connectivity index (χ3n) is 1.09. The minimum Gasteiger partial charge on any atom is -0.302 e. The molecular formula is C6H4BrClO2S. The van der Waals surface area contributed by atoms with Crippen LogP contribution >= 0.6 is 27.5 Å². The van der Waals surface area contributed by atoms with E-state index in [-0.39, 0.29) is 4.90 Å². The highest BCUT2D eigenvalue weighted by atomic mass is 79.9. The molecule has 5 heteroatoms. The molecule has 0 heterocycles. The summed E-state index contributed by atoms with van der Waals surface area (Å²) in [6, 6.07) is 4.92. The largest absolute Gasteiger partial charge is 0.302 e. The smallest absolute Gasteiger partial charge is 0.189 e. The van der Waals surface area contributed by atoms with Gasteiger partial charge in [0.15, 0.2) is 11.1 Å². The van der Waals surface area contributed by atoms with Crippen molar-refractivity contribution in [3.63, 3.8) is 0 Å². The van der Waals surface area contributed by atoms with Gasteiger partial charge in [-0.1, -0.05) is 17.7 Å². The Bertz CT molecular complexity index is 282. The predicted octanol–water partition coefficient (Wildman–Crippen LogP) is 2.68. The number of benzene rings is 1. The van der Waals surface area contributed by atoms with Crippen LogP contribution < -0.4 is 0 Å². The van der Waals surface area contributed by atoms with E-state index in [1.165, 1.54) is 0 Å². The van der Waals surface area contributed by atoms with Gasteiger partial charge in [0.05, 0.1) is 9.92 Å². The highest BCUT2D eigenvalue weighted by Crippen LogP contribution is 2.26. The summed E-state index contributed by atoms with van der Waals surface area (Å²) < 4.78 is 19.9. The lowest BCUT2D eigenvalue weighted by Crippen LogP contribution is -1.90. The second-order valence-corrected chi connectivity index (χ2v) is 3.97. The standard InChI is InChI=1S/C6H4BrClO2S/c7-4-2-1-3-5(8)6(4)11(9)10/h1-3H,(H,9,10). The Morgan fingerprint density at radius 1 is 1.55 bits per heavy atom. The lowest BCUT2D eigenvalue weighted by molar-refractivity contribution is 0.564. The van der Waals surface area contributed by atoms with E-state index in [2.05, 4.69) is 15.9 Å². The summed E-state index contributed by atoms with van der Waals surface area (Å²) in [5.74, 6) is 0. The molecule has 0 radical (unpaired) electrons. The maximum absolute atomic E-state index is 10.6. The van der Waals surface area contributed by atoms with Crippen molar-refractivity contribution in [3.8, 4) is 0 Å². The molecule has 1 aromatic carbocycles. The zero-order chi connectivity index (χ0) is 8.43. The minimum absolute atomic E-state index is 0.217. The van der Waals surface area contributed by atoms with E-state index >= 15 is 0 Å². The van der Waals surface area contributed by atoms with E-state index in [1.807, 2.05) is 0 Å². The maximum atomic E-state index is 10.6. The molecule has 11 heavy (non-hydrogen) atoms. The summed E-state index contributed by atoms with van der Waals surface area (Å²) in [5.41, 5.74) is 0. The molecule has 2 nitrogen and oxygen atoms in total. The Morgan fingerprint density at radius 3 is 2.55 bits per heavy atom. The molecule has 0 saturated heterocycles. The fourth-order valence-corrected chi connectivity index (χ4v) is 2.39. The van der Waals surface area contributed by atoms with Crippen molar-refractivity contribution in [2.75, 3.05) is 0 Å². The lowest BCUT2D eigenvalue weighted by Gasteiger charge is -1.99. The molecule has 0 saturated carbocycles. The molecule has 1 unspecified atom stereocenters. The van der Waals surface area contributed by atoms with Crippen LogP contribution in [0.25, 0.3) is 0 Å². The van der Waals surface area contributed by atoms with Crippen LogP contribution in [-0.4, -0.2) is 8.76 Å². The first-order valence-corrected chi connectivity index (χ1v) is 4.95. The zero-order valence-electron chi connectivity index (χ0n) is 5.25. The van der Waals surface area contributed by atoms with Crippen molar-refractivity contribution >= 4 is 38.6 Å². The Morgan fingerprint density at radius 2 is 2.18 bits per heavy atom. The monoisotopic (exact) mass is 254 g/mol. The van der Waals surface area contributed by atoms with E-state index in [0.29, 0.717) is 9.50 Å². The fraction of sp³-hybridized carbons (Fsp3) is 0. The van der Waals surface area contributed by atoms with Gasteiger partial charge in [0.1, 0.15) is 0 Å². The fourth-order valence-electron chi connectivity index (χ4n) is 0.649. The Balaban J connectivity index is 3.32. The van der Waals surface area contributed by atoms with Crippen LogP contribution in [0.3, 0.4) is 0 Å². The normalized spacial score (nSPS) is 13.0. The SMILES string of the molecule is O=S(O)c1c(Cl)cccc1Br. The predicted molar refractivity (Wildman–Crippen MR) is 48.2 cm³/mol. The molecule has 0 bridgehead atoms. The third-order valence-corrected chi connectivity index (χ3v) is 3.23. The first-order chi connectivity index (χ1) is 5.13. The molecule has 0 amide bonds. The molecule has 1 atom stereocenters. The number of hydrogen-bond acceptors (Lipinski definition) is 1. The first kappa shape index (κ1) is 9.19. The molecule has 0 aliphatic carbocycles. The van der Waals surface area contributed by atoms with Crippen molar-refractivity contribution in [2.24, 2.45) is 0 Å². The molecular weight excluding hydrogens is 251 g/mol. The van der Waals surface area contributed by atoms with Gasteiger partial charge in [-0.25, -0.2) is 4.21 Å². The van der Waals surface area contributed by atoms with E-state index in [0.717, 1.165) is 0 Å². The van der Waals surface area contributed by atoms with Crippen LogP contribution in [0.15, 0.2) is 27.6 Å². The number of halogens is 2. The van der Waals surface area contributed by atoms with Gasteiger partial charge in [0.2, 0.25) is 0 Å². The quantitative estimate of drug-likeness (QED) is 0.784. The first-order valence-electron chi connectivity index (χ1n) is 2.68. The molecule has 0 aliphatic rings. The summed E-state index contributed by atoms with van der Waals surface area (Å²) in [6.07, 6.45) is 0. The molecule has 1 rings (SSSR count). The van der Waals surface area contributed by atoms with Gasteiger partial charge in [-0.3, -0.25) is 0 Å². The van der Waals surface area contributed by atoms with Crippen molar-refractivity contribution < 1.29 is 8.76 Å². The van der Waals surface area contributed by atoms with Crippen molar-refractivity contribution in [1.82, 2.24) is 0 Å². The van der Waals surface area contributed by atoms with Gasteiger partial charge in [-0.2, -0.15) is 0 Å². The number of rotatable bonds is 1. The highest BCUT2D eigenvalue weighted by molar-refractivity contribution is 9.10. The summed E-state index contributed by atoms with van der Waals surface area (Å²) >= 11 is 6.72. The van der Waals surface area contributed by atoms with Gasteiger partial charge in [0, 0.05) is 4.47 Å². The average Bonchev–Trinajstić information content (AvgIpc) is 1.85. The van der Waals surface area contributed by atoms with Crippen molar-refractivity contribution in [3.05, 3.63) is 27.7 Å². The van der Waals surface area contributed by atoms with Crippen LogP contribution in [0.2, 0.25) is 5.02 Å². The second-order valence-electron chi connectivity index (χ2n) is 1.80.